The summed E-state index contributed by atoms with van der Waals surface area (Å²) in [6, 6.07) is 24.5. The first-order valence-electron chi connectivity index (χ1n) is 12.7. The first-order chi connectivity index (χ1) is 18.8. The summed E-state index contributed by atoms with van der Waals surface area (Å²) in [6.07, 6.45) is 5.35. The number of nitrogens with zero attached hydrogens (tertiary/aromatic N) is 3. The second-order valence-electron chi connectivity index (χ2n) is 8.97. The molecule has 0 aliphatic heterocycles. The lowest BCUT2D eigenvalue weighted by atomic mass is 10.1. The van der Waals surface area contributed by atoms with E-state index in [1.807, 2.05) is 37.3 Å². The molecular formula is C29H31N3O5S2. The van der Waals surface area contributed by atoms with Gasteiger partial charge in [-0.1, -0.05) is 89.3 Å². The van der Waals surface area contributed by atoms with Gasteiger partial charge in [0.05, 0.1) is 28.1 Å². The average Bonchev–Trinajstić information content (AvgIpc) is 2.96. The molecule has 0 saturated heterocycles. The molecule has 0 aliphatic rings. The molecule has 0 N–H and O–H groups in total. The minimum absolute atomic E-state index is 0.123. The van der Waals surface area contributed by atoms with Crippen molar-refractivity contribution in [2.45, 2.75) is 48.5 Å². The van der Waals surface area contributed by atoms with Gasteiger partial charge in [0.25, 0.3) is 20.0 Å². The second kappa shape index (κ2) is 13.0. The third-order valence-corrected chi connectivity index (χ3v) is 10.5. The van der Waals surface area contributed by atoms with E-state index in [2.05, 4.69) is 10.1 Å². The molecule has 39 heavy (non-hydrogen) atoms. The topological polar surface area (TPSA) is 106 Å². The van der Waals surface area contributed by atoms with E-state index in [1.165, 1.54) is 30.5 Å². The van der Waals surface area contributed by atoms with Gasteiger partial charge in [-0.2, -0.15) is 0 Å². The van der Waals surface area contributed by atoms with Crippen molar-refractivity contribution >= 4 is 37.2 Å². The van der Waals surface area contributed by atoms with Crippen molar-refractivity contribution < 1.29 is 21.7 Å². The quantitative estimate of drug-likeness (QED) is 0.118. The number of pyridine rings is 1. The standard InChI is InChI=1S/C29H31N3O5S2/c1-2-3-6-16-26(37-31-22-25-14-11-13-24-15-12-21-30-29(24)25)23-32(38(33,34)27-17-7-4-8-18-27)39(35,36)28-19-9-5-10-20-28/h4-5,7-15,17-22,26H,2-3,6,16,23H2,1H3/b31-22+. The number of unbranched alkanes of at least 4 members (excludes halogenated alkanes) is 2. The van der Waals surface area contributed by atoms with Crippen molar-refractivity contribution in [1.82, 2.24) is 8.69 Å². The average molecular weight is 566 g/mol. The van der Waals surface area contributed by atoms with Crippen LogP contribution in [0, 0.1) is 0 Å². The molecule has 0 fully saturated rings. The van der Waals surface area contributed by atoms with Gasteiger partial charge in [-0.3, -0.25) is 4.98 Å². The maximum Gasteiger partial charge on any atom is 0.256 e. The van der Waals surface area contributed by atoms with Crippen LogP contribution in [0.15, 0.2) is 112 Å². The van der Waals surface area contributed by atoms with Gasteiger partial charge in [-0.25, -0.2) is 16.8 Å². The van der Waals surface area contributed by atoms with Crippen LogP contribution in [0.4, 0.5) is 0 Å². The maximum absolute atomic E-state index is 13.7. The molecule has 1 atom stereocenters. The summed E-state index contributed by atoms with van der Waals surface area (Å²) < 4.78 is 55.4. The van der Waals surface area contributed by atoms with Crippen molar-refractivity contribution in [2.24, 2.45) is 5.16 Å². The van der Waals surface area contributed by atoms with Crippen LogP contribution in [0.25, 0.3) is 10.9 Å². The predicted molar refractivity (Wildman–Crippen MR) is 152 cm³/mol. The molecule has 204 valence electrons. The van der Waals surface area contributed by atoms with Crippen LogP contribution in [-0.4, -0.2) is 44.4 Å². The van der Waals surface area contributed by atoms with Crippen molar-refractivity contribution in [3.63, 3.8) is 0 Å². The normalized spacial score (nSPS) is 13.2. The van der Waals surface area contributed by atoms with E-state index in [4.69, 9.17) is 4.84 Å². The van der Waals surface area contributed by atoms with Gasteiger partial charge in [0.15, 0.2) is 0 Å². The Labute approximate surface area is 230 Å². The Morgan fingerprint density at radius 1 is 0.821 bits per heavy atom. The van der Waals surface area contributed by atoms with Gasteiger partial charge in [-0.15, -0.1) is 0 Å². The Morgan fingerprint density at radius 3 is 2.05 bits per heavy atom. The second-order valence-corrected chi connectivity index (χ2v) is 12.9. The molecule has 8 nitrogen and oxygen atoms in total. The Hall–Kier alpha value is -3.60. The van der Waals surface area contributed by atoms with Crippen LogP contribution >= 0.6 is 0 Å². The summed E-state index contributed by atoms with van der Waals surface area (Å²) in [5, 5.41) is 5.09. The molecule has 4 rings (SSSR count). The highest BCUT2D eigenvalue weighted by molar-refractivity contribution is 8.04. The number of benzene rings is 3. The minimum atomic E-state index is -4.44. The van der Waals surface area contributed by atoms with E-state index in [0.717, 1.165) is 35.7 Å². The highest BCUT2D eigenvalue weighted by Gasteiger charge is 2.38. The van der Waals surface area contributed by atoms with E-state index >= 15 is 0 Å². The van der Waals surface area contributed by atoms with E-state index in [-0.39, 0.29) is 9.79 Å². The van der Waals surface area contributed by atoms with Crippen LogP contribution in [0.5, 0.6) is 0 Å². The zero-order valence-corrected chi connectivity index (χ0v) is 23.3. The summed E-state index contributed by atoms with van der Waals surface area (Å²) in [6.45, 7) is 1.62. The molecule has 0 spiro atoms. The van der Waals surface area contributed by atoms with E-state index < -0.39 is 32.7 Å². The largest absolute Gasteiger partial charge is 0.391 e. The zero-order chi connectivity index (χ0) is 27.7. The third-order valence-electron chi connectivity index (χ3n) is 6.17. The van der Waals surface area contributed by atoms with E-state index in [9.17, 15) is 16.8 Å². The smallest absolute Gasteiger partial charge is 0.256 e. The Balaban J connectivity index is 1.68. The lowest BCUT2D eigenvalue weighted by molar-refractivity contribution is 0.0475. The number of hydrogen-bond donors (Lipinski definition) is 0. The maximum atomic E-state index is 13.7. The van der Waals surface area contributed by atoms with Crippen LogP contribution in [-0.2, 0) is 24.9 Å². The fraction of sp³-hybridized carbons (Fsp3) is 0.241. The number of oxime groups is 1. The summed E-state index contributed by atoms with van der Waals surface area (Å²) >= 11 is 0. The van der Waals surface area contributed by atoms with Crippen LogP contribution in [0.2, 0.25) is 0 Å². The number of fused-ring (bicyclic) bond motifs is 1. The highest BCUT2D eigenvalue weighted by Crippen LogP contribution is 2.26. The highest BCUT2D eigenvalue weighted by atomic mass is 32.3. The molecule has 4 aromatic rings. The van der Waals surface area contributed by atoms with Gasteiger partial charge in [0, 0.05) is 17.1 Å². The van der Waals surface area contributed by atoms with Crippen molar-refractivity contribution in [2.75, 3.05) is 6.54 Å². The van der Waals surface area contributed by atoms with Crippen LogP contribution in [0.3, 0.4) is 0 Å². The number of sulfonamides is 2. The third kappa shape index (κ3) is 6.89. The fourth-order valence-electron chi connectivity index (χ4n) is 4.12. The number of aromatic nitrogens is 1. The molecule has 10 heteroatoms. The van der Waals surface area contributed by atoms with Crippen molar-refractivity contribution in [3.8, 4) is 0 Å². The van der Waals surface area contributed by atoms with E-state index in [1.54, 1.807) is 42.6 Å². The van der Waals surface area contributed by atoms with Gasteiger partial charge >= 0.3 is 0 Å². The molecule has 1 aromatic heterocycles. The number of hydrogen-bond acceptors (Lipinski definition) is 7. The fourth-order valence-corrected chi connectivity index (χ4v) is 7.86. The Kier molecular flexibility index (Phi) is 9.45. The first kappa shape index (κ1) is 28.4. The molecule has 3 aromatic carbocycles. The molecule has 0 bridgehead atoms. The van der Waals surface area contributed by atoms with Crippen molar-refractivity contribution in [3.05, 3.63) is 103 Å². The summed E-state index contributed by atoms with van der Waals surface area (Å²) in [4.78, 5) is 9.97. The monoisotopic (exact) mass is 565 g/mol. The van der Waals surface area contributed by atoms with Crippen LogP contribution in [0.1, 0.15) is 38.2 Å². The number of rotatable bonds is 13. The minimum Gasteiger partial charge on any atom is -0.391 e. The molecule has 0 amide bonds. The van der Waals surface area contributed by atoms with Gasteiger partial charge in [0.2, 0.25) is 0 Å². The van der Waals surface area contributed by atoms with Gasteiger partial charge in [-0.05, 0) is 43.2 Å². The molecule has 0 saturated carbocycles. The molecule has 0 aliphatic carbocycles. The van der Waals surface area contributed by atoms with Gasteiger partial charge < -0.3 is 4.84 Å². The van der Waals surface area contributed by atoms with E-state index in [0.29, 0.717) is 10.1 Å². The Morgan fingerprint density at radius 2 is 1.44 bits per heavy atom. The summed E-state index contributed by atoms with van der Waals surface area (Å²) in [7, 11) is -8.87. The molecular weight excluding hydrogens is 534 g/mol. The lowest BCUT2D eigenvalue weighted by Gasteiger charge is -2.25. The lowest BCUT2D eigenvalue weighted by Crippen LogP contribution is -2.42. The number of para-hydroxylation sites is 1. The summed E-state index contributed by atoms with van der Waals surface area (Å²) in [5.74, 6) is 0. The summed E-state index contributed by atoms with van der Waals surface area (Å²) in [5.41, 5.74) is 1.47. The first-order valence-corrected chi connectivity index (χ1v) is 15.6. The molecule has 0 radical (unpaired) electrons. The zero-order valence-electron chi connectivity index (χ0n) is 21.6. The van der Waals surface area contributed by atoms with Gasteiger partial charge in [0.1, 0.15) is 6.10 Å². The van der Waals surface area contributed by atoms with Crippen molar-refractivity contribution in [1.29, 1.82) is 0 Å². The van der Waals surface area contributed by atoms with Crippen LogP contribution < -0.4 is 0 Å². The predicted octanol–water partition coefficient (Wildman–Crippen LogP) is 5.61. The Bertz CT molecular complexity index is 1540. The SMILES string of the molecule is CCCCCC(CN(S(=O)(=O)c1ccccc1)S(=O)(=O)c1ccccc1)O/N=C/c1cccc2cccnc12. The molecule has 1 heterocycles. The molecule has 1 unspecified atom stereocenters.